The van der Waals surface area contributed by atoms with Crippen molar-refractivity contribution in [3.63, 3.8) is 0 Å². The predicted octanol–water partition coefficient (Wildman–Crippen LogP) is 0.271. The molecule has 3 N–H and O–H groups in total. The lowest BCUT2D eigenvalue weighted by molar-refractivity contribution is -0.136. The molecule has 1 atom stereocenters. The van der Waals surface area contributed by atoms with Crippen LogP contribution in [0.4, 0.5) is 9.59 Å². The maximum Gasteiger partial charge on any atom is 0.330 e. The van der Waals surface area contributed by atoms with Gasteiger partial charge in [-0.05, 0) is 19.8 Å². The zero-order valence-corrected chi connectivity index (χ0v) is 14.6. The molecule has 25 heavy (non-hydrogen) atoms. The molecule has 3 rings (SSSR count). The molecular weight excluding hydrogens is 324 g/mol. The number of fused-ring (bicyclic) bond motifs is 1. The molecule has 1 aromatic heterocycles. The average Bonchev–Trinajstić information content (AvgIpc) is 3.12. The first-order valence-corrected chi connectivity index (χ1v) is 8.54. The highest BCUT2D eigenvalue weighted by atomic mass is 16.2. The fourth-order valence-electron chi connectivity index (χ4n) is 3.57. The van der Waals surface area contributed by atoms with Gasteiger partial charge in [0.2, 0.25) is 5.91 Å². The van der Waals surface area contributed by atoms with Crippen molar-refractivity contribution in [2.45, 2.75) is 39.3 Å². The molecule has 136 valence electrons. The molecule has 1 aromatic rings. The van der Waals surface area contributed by atoms with Crippen molar-refractivity contribution in [1.29, 1.82) is 0 Å². The molecular formula is C16H24N6O3. The van der Waals surface area contributed by atoms with E-state index in [0.29, 0.717) is 25.5 Å². The molecule has 0 aromatic carbocycles. The second-order valence-corrected chi connectivity index (χ2v) is 6.75. The van der Waals surface area contributed by atoms with E-state index in [-0.39, 0.29) is 30.4 Å². The topological polar surface area (TPSA) is 114 Å². The molecule has 9 nitrogen and oxygen atoms in total. The quantitative estimate of drug-likeness (QED) is 0.813. The van der Waals surface area contributed by atoms with E-state index < -0.39 is 6.03 Å². The van der Waals surface area contributed by atoms with Gasteiger partial charge in [-0.25, -0.2) is 14.6 Å². The van der Waals surface area contributed by atoms with Crippen molar-refractivity contribution in [3.8, 4) is 0 Å². The van der Waals surface area contributed by atoms with E-state index >= 15 is 0 Å². The van der Waals surface area contributed by atoms with Crippen LogP contribution in [0.15, 0.2) is 6.20 Å². The minimum absolute atomic E-state index is 0.00579. The van der Waals surface area contributed by atoms with Crippen LogP contribution in [0.3, 0.4) is 0 Å². The maximum atomic E-state index is 12.6. The summed E-state index contributed by atoms with van der Waals surface area (Å²) in [6, 6.07) is -0.511. The van der Waals surface area contributed by atoms with E-state index in [1.807, 2.05) is 11.8 Å². The van der Waals surface area contributed by atoms with Crippen LogP contribution in [-0.4, -0.2) is 63.0 Å². The molecule has 0 spiro atoms. The molecule has 2 aliphatic heterocycles. The van der Waals surface area contributed by atoms with E-state index in [1.54, 1.807) is 22.6 Å². The average molecular weight is 348 g/mol. The number of aryl methyl sites for hydroxylation is 1. The number of likely N-dealkylation sites (tertiary alicyclic amines) is 1. The molecule has 2 aliphatic rings. The fourth-order valence-corrected chi connectivity index (χ4v) is 3.57. The van der Waals surface area contributed by atoms with Gasteiger partial charge in [-0.3, -0.25) is 9.36 Å². The molecule has 0 saturated carbocycles. The van der Waals surface area contributed by atoms with Gasteiger partial charge >= 0.3 is 12.1 Å². The first kappa shape index (κ1) is 17.2. The number of urea groups is 1. The molecule has 1 saturated heterocycles. The number of nitrogens with one attached hydrogen (secondary N) is 1. The lowest BCUT2D eigenvalue weighted by Crippen LogP contribution is -2.49. The molecule has 4 amide bonds. The smallest absolute Gasteiger partial charge is 0.330 e. The number of primary amides is 1. The zero-order chi connectivity index (χ0) is 18.1. The summed E-state index contributed by atoms with van der Waals surface area (Å²) in [4.78, 5) is 43.6. The summed E-state index contributed by atoms with van der Waals surface area (Å²) in [6.07, 6.45) is 3.26. The number of imidazole rings is 1. The summed E-state index contributed by atoms with van der Waals surface area (Å²) in [5, 5.41) is 2.47. The SMILES string of the molecule is Cc1ncc2n1C(=O)N(C1CCN(C(=O)C(C)CNC(N)=O)CC1)C2. The van der Waals surface area contributed by atoms with Crippen LogP contribution in [0, 0.1) is 12.8 Å². The third kappa shape index (κ3) is 3.31. The first-order chi connectivity index (χ1) is 11.9. The van der Waals surface area contributed by atoms with E-state index in [9.17, 15) is 14.4 Å². The normalized spacial score (nSPS) is 19.0. The molecule has 9 heteroatoms. The number of carbonyl (C=O) groups excluding carboxylic acids is 3. The van der Waals surface area contributed by atoms with Crippen LogP contribution in [0.2, 0.25) is 0 Å². The third-order valence-electron chi connectivity index (χ3n) is 5.00. The highest BCUT2D eigenvalue weighted by Gasteiger charge is 2.36. The lowest BCUT2D eigenvalue weighted by atomic mass is 10.0. The minimum atomic E-state index is -0.625. The van der Waals surface area contributed by atoms with Crippen molar-refractivity contribution >= 4 is 18.0 Å². The largest absolute Gasteiger partial charge is 0.352 e. The molecule has 1 unspecified atom stereocenters. The summed E-state index contributed by atoms with van der Waals surface area (Å²) >= 11 is 0. The van der Waals surface area contributed by atoms with Crippen LogP contribution < -0.4 is 11.1 Å². The fraction of sp³-hybridized carbons (Fsp3) is 0.625. The Hall–Kier alpha value is -2.58. The maximum absolute atomic E-state index is 12.6. The monoisotopic (exact) mass is 348 g/mol. The summed E-state index contributed by atoms with van der Waals surface area (Å²) in [7, 11) is 0. The second-order valence-electron chi connectivity index (χ2n) is 6.75. The van der Waals surface area contributed by atoms with Gasteiger partial charge < -0.3 is 20.9 Å². The van der Waals surface area contributed by atoms with Gasteiger partial charge in [0.15, 0.2) is 0 Å². The van der Waals surface area contributed by atoms with Crippen LogP contribution in [0.1, 0.15) is 31.3 Å². The Morgan fingerprint density at radius 3 is 2.68 bits per heavy atom. The predicted molar refractivity (Wildman–Crippen MR) is 89.7 cm³/mol. The number of nitrogens with two attached hydrogens (primary N) is 1. The number of rotatable bonds is 4. The Balaban J connectivity index is 1.53. The van der Waals surface area contributed by atoms with Crippen molar-refractivity contribution in [2.75, 3.05) is 19.6 Å². The number of nitrogens with zero attached hydrogens (tertiary/aromatic N) is 4. The van der Waals surface area contributed by atoms with E-state index in [4.69, 9.17) is 5.73 Å². The molecule has 1 fully saturated rings. The van der Waals surface area contributed by atoms with E-state index in [1.165, 1.54) is 0 Å². The van der Waals surface area contributed by atoms with Crippen LogP contribution in [0.5, 0.6) is 0 Å². The van der Waals surface area contributed by atoms with E-state index in [0.717, 1.165) is 18.5 Å². The lowest BCUT2D eigenvalue weighted by Gasteiger charge is -2.37. The number of amides is 4. The van der Waals surface area contributed by atoms with Gasteiger partial charge in [-0.2, -0.15) is 0 Å². The van der Waals surface area contributed by atoms with Crippen molar-refractivity contribution < 1.29 is 14.4 Å². The summed E-state index contributed by atoms with van der Waals surface area (Å²) in [5.41, 5.74) is 5.96. The Morgan fingerprint density at radius 2 is 2.08 bits per heavy atom. The van der Waals surface area contributed by atoms with Gasteiger partial charge in [0.1, 0.15) is 5.82 Å². The zero-order valence-electron chi connectivity index (χ0n) is 14.6. The van der Waals surface area contributed by atoms with Gasteiger partial charge in [0.05, 0.1) is 24.4 Å². The Morgan fingerprint density at radius 1 is 1.40 bits per heavy atom. The molecule has 0 aliphatic carbocycles. The summed E-state index contributed by atoms with van der Waals surface area (Å²) < 4.78 is 1.66. The number of hydrogen-bond acceptors (Lipinski definition) is 4. The number of aromatic nitrogens is 2. The molecule has 0 bridgehead atoms. The highest BCUT2D eigenvalue weighted by molar-refractivity contribution is 5.82. The Kier molecular flexibility index (Phi) is 4.65. The van der Waals surface area contributed by atoms with Gasteiger partial charge in [0, 0.05) is 25.7 Å². The number of hydrogen-bond donors (Lipinski definition) is 2. The minimum Gasteiger partial charge on any atom is -0.352 e. The van der Waals surface area contributed by atoms with Gasteiger partial charge in [0.25, 0.3) is 0 Å². The Labute approximate surface area is 146 Å². The summed E-state index contributed by atoms with van der Waals surface area (Å²) in [6.45, 7) is 5.64. The van der Waals surface area contributed by atoms with Gasteiger partial charge in [-0.1, -0.05) is 6.92 Å². The standard InChI is InChI=1S/C16H24N6O3/c1-10(7-19-15(17)24)14(23)20-5-3-12(4-6-20)21-9-13-8-18-11(2)22(13)16(21)25/h8,10,12H,3-7,9H2,1-2H3,(H3,17,19,24). The first-order valence-electron chi connectivity index (χ1n) is 8.54. The number of piperidine rings is 1. The molecule has 3 heterocycles. The third-order valence-corrected chi connectivity index (χ3v) is 5.00. The number of carbonyl (C=O) groups is 3. The van der Waals surface area contributed by atoms with Gasteiger partial charge in [-0.15, -0.1) is 0 Å². The highest BCUT2D eigenvalue weighted by Crippen LogP contribution is 2.26. The Bertz CT molecular complexity index is 692. The molecule has 0 radical (unpaired) electrons. The van der Waals surface area contributed by atoms with Crippen molar-refractivity contribution in [3.05, 3.63) is 17.7 Å². The van der Waals surface area contributed by atoms with Crippen LogP contribution in [-0.2, 0) is 11.3 Å². The van der Waals surface area contributed by atoms with Crippen molar-refractivity contribution in [2.24, 2.45) is 11.7 Å². The summed E-state index contributed by atoms with van der Waals surface area (Å²) in [5.74, 6) is 0.407. The van der Waals surface area contributed by atoms with Crippen molar-refractivity contribution in [1.82, 2.24) is 24.7 Å². The second kappa shape index (κ2) is 6.73. The van der Waals surface area contributed by atoms with E-state index in [2.05, 4.69) is 10.3 Å². The van der Waals surface area contributed by atoms with Crippen LogP contribution in [0.25, 0.3) is 0 Å². The van der Waals surface area contributed by atoms with Crippen LogP contribution >= 0.6 is 0 Å².